The van der Waals surface area contributed by atoms with E-state index >= 15 is 0 Å². The number of aldehydes is 1. The molecule has 110 valence electrons. The molecule has 0 saturated carbocycles. The number of hydrogen-bond acceptors (Lipinski definition) is 3. The summed E-state index contributed by atoms with van der Waals surface area (Å²) in [7, 11) is 0. The van der Waals surface area contributed by atoms with Crippen molar-refractivity contribution in [2.24, 2.45) is 0 Å². The van der Waals surface area contributed by atoms with Crippen LogP contribution in [0.2, 0.25) is 5.02 Å². The Labute approximate surface area is 137 Å². The Kier molecular flexibility index (Phi) is 5.65. The highest BCUT2D eigenvalue weighted by molar-refractivity contribution is 9.10. The summed E-state index contributed by atoms with van der Waals surface area (Å²) in [6, 6.07) is 10.7. The molecular weight excluding hydrogens is 356 g/mol. The molecule has 0 atom stereocenters. The van der Waals surface area contributed by atoms with E-state index in [4.69, 9.17) is 21.1 Å². The minimum Gasteiger partial charge on any atom is -0.490 e. The Hall–Kier alpha value is -1.52. The molecule has 2 rings (SSSR count). The van der Waals surface area contributed by atoms with Crippen molar-refractivity contribution in [3.63, 3.8) is 0 Å². The van der Waals surface area contributed by atoms with E-state index in [1.165, 1.54) is 0 Å². The lowest BCUT2D eigenvalue weighted by Crippen LogP contribution is -2.01. The van der Waals surface area contributed by atoms with E-state index in [2.05, 4.69) is 15.9 Å². The molecule has 0 spiro atoms. The van der Waals surface area contributed by atoms with Gasteiger partial charge in [0.05, 0.1) is 6.61 Å². The normalized spacial score (nSPS) is 10.2. The number of rotatable bonds is 6. The predicted molar refractivity (Wildman–Crippen MR) is 86.5 cm³/mol. The van der Waals surface area contributed by atoms with E-state index in [0.717, 1.165) is 16.3 Å². The van der Waals surface area contributed by atoms with Crippen LogP contribution in [0.1, 0.15) is 22.8 Å². The SMILES string of the molecule is CCOc1cc(C=O)ccc1OCc1ccc(Br)cc1Cl. The monoisotopic (exact) mass is 368 g/mol. The molecule has 0 amide bonds. The predicted octanol–water partition coefficient (Wildman–Crippen LogP) is 4.89. The van der Waals surface area contributed by atoms with Gasteiger partial charge in [0.2, 0.25) is 0 Å². The van der Waals surface area contributed by atoms with Gasteiger partial charge in [0, 0.05) is 20.6 Å². The van der Waals surface area contributed by atoms with Crippen molar-refractivity contribution in [2.45, 2.75) is 13.5 Å². The van der Waals surface area contributed by atoms with Gasteiger partial charge < -0.3 is 9.47 Å². The van der Waals surface area contributed by atoms with Crippen LogP contribution in [0.3, 0.4) is 0 Å². The second-order valence-electron chi connectivity index (χ2n) is 4.28. The lowest BCUT2D eigenvalue weighted by Gasteiger charge is -2.13. The number of benzene rings is 2. The van der Waals surface area contributed by atoms with Gasteiger partial charge in [-0.2, -0.15) is 0 Å². The molecule has 0 aliphatic carbocycles. The number of carbonyl (C=O) groups is 1. The molecule has 0 radical (unpaired) electrons. The zero-order valence-corrected chi connectivity index (χ0v) is 13.8. The van der Waals surface area contributed by atoms with E-state index in [1.807, 2.05) is 25.1 Å². The molecule has 0 heterocycles. The molecular formula is C16H14BrClO3. The van der Waals surface area contributed by atoms with Gasteiger partial charge in [-0.15, -0.1) is 0 Å². The highest BCUT2D eigenvalue weighted by atomic mass is 79.9. The number of carbonyl (C=O) groups excluding carboxylic acids is 1. The molecule has 0 unspecified atom stereocenters. The van der Waals surface area contributed by atoms with Crippen molar-refractivity contribution in [3.05, 3.63) is 57.0 Å². The summed E-state index contributed by atoms with van der Waals surface area (Å²) in [5.41, 5.74) is 1.43. The molecule has 0 aliphatic rings. The summed E-state index contributed by atoms with van der Waals surface area (Å²) in [4.78, 5) is 10.8. The van der Waals surface area contributed by atoms with Gasteiger partial charge in [-0.05, 0) is 37.3 Å². The van der Waals surface area contributed by atoms with Crippen LogP contribution < -0.4 is 9.47 Å². The van der Waals surface area contributed by atoms with Crippen molar-refractivity contribution >= 4 is 33.8 Å². The van der Waals surface area contributed by atoms with Crippen molar-refractivity contribution in [2.75, 3.05) is 6.61 Å². The molecule has 3 nitrogen and oxygen atoms in total. The molecule has 5 heteroatoms. The first kappa shape index (κ1) is 15.9. The van der Waals surface area contributed by atoms with Crippen molar-refractivity contribution < 1.29 is 14.3 Å². The zero-order chi connectivity index (χ0) is 15.2. The van der Waals surface area contributed by atoms with Gasteiger partial charge in [-0.1, -0.05) is 33.6 Å². The van der Waals surface area contributed by atoms with Gasteiger partial charge in [-0.25, -0.2) is 0 Å². The number of hydrogen-bond donors (Lipinski definition) is 0. The lowest BCUT2D eigenvalue weighted by molar-refractivity contribution is 0.112. The maximum absolute atomic E-state index is 10.8. The van der Waals surface area contributed by atoms with Crippen LogP contribution in [0.25, 0.3) is 0 Å². The second-order valence-corrected chi connectivity index (χ2v) is 5.60. The van der Waals surface area contributed by atoms with Crippen LogP contribution in [-0.2, 0) is 6.61 Å². The standard InChI is InChI=1S/C16H14BrClO3/c1-2-20-16-7-11(9-19)3-6-15(16)21-10-12-4-5-13(17)8-14(12)18/h3-9H,2,10H2,1H3. The Bertz CT molecular complexity index is 643. The van der Waals surface area contributed by atoms with Gasteiger partial charge in [0.25, 0.3) is 0 Å². The third-order valence-corrected chi connectivity index (χ3v) is 3.65. The maximum atomic E-state index is 10.8. The quantitative estimate of drug-likeness (QED) is 0.680. The molecule has 2 aromatic rings. The molecule has 21 heavy (non-hydrogen) atoms. The van der Waals surface area contributed by atoms with Gasteiger partial charge in [0.1, 0.15) is 12.9 Å². The van der Waals surface area contributed by atoms with E-state index in [-0.39, 0.29) is 0 Å². The smallest absolute Gasteiger partial charge is 0.161 e. The molecule has 2 aromatic carbocycles. The average Bonchev–Trinajstić information content (AvgIpc) is 2.47. The fraction of sp³-hybridized carbons (Fsp3) is 0.188. The van der Waals surface area contributed by atoms with E-state index in [1.54, 1.807) is 18.2 Å². The first-order valence-corrected chi connectivity index (χ1v) is 7.60. The molecule has 0 aliphatic heterocycles. The summed E-state index contributed by atoms with van der Waals surface area (Å²) < 4.78 is 12.2. The van der Waals surface area contributed by atoms with Crippen molar-refractivity contribution in [1.29, 1.82) is 0 Å². The zero-order valence-electron chi connectivity index (χ0n) is 11.4. The Morgan fingerprint density at radius 2 is 1.95 bits per heavy atom. The van der Waals surface area contributed by atoms with Gasteiger partial charge in [0.15, 0.2) is 11.5 Å². The summed E-state index contributed by atoms with van der Waals surface area (Å²) in [5.74, 6) is 1.14. The van der Waals surface area contributed by atoms with Crippen LogP contribution in [0.15, 0.2) is 40.9 Å². The summed E-state index contributed by atoms with van der Waals surface area (Å²) in [6.45, 7) is 2.70. The van der Waals surface area contributed by atoms with Crippen LogP contribution >= 0.6 is 27.5 Å². The Balaban J connectivity index is 2.17. The van der Waals surface area contributed by atoms with Gasteiger partial charge in [-0.3, -0.25) is 4.79 Å². The van der Waals surface area contributed by atoms with Crippen molar-refractivity contribution in [1.82, 2.24) is 0 Å². The van der Waals surface area contributed by atoms with Crippen LogP contribution in [-0.4, -0.2) is 12.9 Å². The lowest BCUT2D eigenvalue weighted by atomic mass is 10.2. The fourth-order valence-corrected chi connectivity index (χ4v) is 2.51. The van der Waals surface area contributed by atoms with E-state index in [9.17, 15) is 4.79 Å². The average molecular weight is 370 g/mol. The summed E-state index contributed by atoms with van der Waals surface area (Å²) >= 11 is 9.52. The fourth-order valence-electron chi connectivity index (χ4n) is 1.78. The minimum atomic E-state index is 0.326. The third-order valence-electron chi connectivity index (χ3n) is 2.80. The molecule has 0 fully saturated rings. The summed E-state index contributed by atoms with van der Waals surface area (Å²) in [5, 5.41) is 0.631. The Morgan fingerprint density at radius 3 is 2.62 bits per heavy atom. The first-order valence-electron chi connectivity index (χ1n) is 6.42. The molecule has 0 aromatic heterocycles. The van der Waals surface area contributed by atoms with Crippen LogP contribution in [0.4, 0.5) is 0 Å². The van der Waals surface area contributed by atoms with Crippen molar-refractivity contribution in [3.8, 4) is 11.5 Å². The highest BCUT2D eigenvalue weighted by Gasteiger charge is 2.08. The summed E-state index contributed by atoms with van der Waals surface area (Å²) in [6.07, 6.45) is 0.776. The highest BCUT2D eigenvalue weighted by Crippen LogP contribution is 2.30. The minimum absolute atomic E-state index is 0.326. The molecule has 0 saturated heterocycles. The second kappa shape index (κ2) is 7.48. The largest absolute Gasteiger partial charge is 0.490 e. The topological polar surface area (TPSA) is 35.5 Å². The van der Waals surface area contributed by atoms with E-state index < -0.39 is 0 Å². The van der Waals surface area contributed by atoms with Gasteiger partial charge >= 0.3 is 0 Å². The maximum Gasteiger partial charge on any atom is 0.161 e. The molecule has 0 bridgehead atoms. The van der Waals surface area contributed by atoms with E-state index in [0.29, 0.717) is 35.3 Å². The number of ether oxygens (including phenoxy) is 2. The number of halogens is 2. The third kappa shape index (κ3) is 4.22. The van der Waals surface area contributed by atoms with Crippen LogP contribution in [0.5, 0.6) is 11.5 Å². The molecule has 0 N–H and O–H groups in total. The van der Waals surface area contributed by atoms with Crippen LogP contribution in [0, 0.1) is 0 Å². The first-order chi connectivity index (χ1) is 10.1. The Morgan fingerprint density at radius 1 is 1.14 bits per heavy atom.